The van der Waals surface area contributed by atoms with Crippen LogP contribution in [0, 0.1) is 11.3 Å². The maximum Gasteiger partial charge on any atom is -0.0225 e. The summed E-state index contributed by atoms with van der Waals surface area (Å²) in [5.41, 5.74) is 4.84. The van der Waals surface area contributed by atoms with Crippen LogP contribution in [0.5, 0.6) is 0 Å². The lowest BCUT2D eigenvalue weighted by atomic mass is 9.76. The topological polar surface area (TPSA) is 0 Å². The molecule has 0 fully saturated rings. The molecule has 2 rings (SSSR count). The van der Waals surface area contributed by atoms with Crippen LogP contribution < -0.4 is 0 Å². The highest BCUT2D eigenvalue weighted by Crippen LogP contribution is 2.31. The van der Waals surface area contributed by atoms with Gasteiger partial charge in [0.1, 0.15) is 0 Å². The Hall–Kier alpha value is -1.04. The highest BCUT2D eigenvalue weighted by atomic mass is 14.3. The molecule has 1 aliphatic carbocycles. The molecule has 0 heteroatoms. The Labute approximate surface area is 106 Å². The summed E-state index contributed by atoms with van der Waals surface area (Å²) in [6.45, 7) is 9.39. The molecule has 1 aliphatic rings. The predicted molar refractivity (Wildman–Crippen MR) is 76.1 cm³/mol. The highest BCUT2D eigenvalue weighted by Gasteiger charge is 2.22. The minimum atomic E-state index is 0.388. The Morgan fingerprint density at radius 1 is 1.24 bits per heavy atom. The summed E-state index contributed by atoms with van der Waals surface area (Å²) in [4.78, 5) is 0. The first-order chi connectivity index (χ1) is 7.99. The van der Waals surface area contributed by atoms with E-state index in [2.05, 4.69) is 58.0 Å². The van der Waals surface area contributed by atoms with E-state index in [4.69, 9.17) is 0 Å². The molecular weight excluding hydrogens is 204 g/mol. The van der Waals surface area contributed by atoms with Gasteiger partial charge < -0.3 is 0 Å². The quantitative estimate of drug-likeness (QED) is 0.692. The molecule has 1 aromatic carbocycles. The van der Waals surface area contributed by atoms with Crippen LogP contribution >= 0.6 is 0 Å². The van der Waals surface area contributed by atoms with Gasteiger partial charge in [-0.05, 0) is 47.3 Å². The second-order valence-electron chi connectivity index (χ2n) is 6.29. The smallest absolute Gasteiger partial charge is 0.0225 e. The summed E-state index contributed by atoms with van der Waals surface area (Å²) < 4.78 is 0. The van der Waals surface area contributed by atoms with Crippen LogP contribution in [0.3, 0.4) is 0 Å². The molecule has 0 aromatic heterocycles. The number of hydrogen-bond donors (Lipinski definition) is 0. The largest absolute Gasteiger partial charge is 0.0836 e. The van der Waals surface area contributed by atoms with Gasteiger partial charge in [0, 0.05) is 0 Å². The van der Waals surface area contributed by atoms with Gasteiger partial charge in [-0.15, -0.1) is 0 Å². The zero-order valence-electron chi connectivity index (χ0n) is 11.6. The van der Waals surface area contributed by atoms with Crippen LogP contribution in [0.15, 0.2) is 24.3 Å². The van der Waals surface area contributed by atoms with Crippen molar-refractivity contribution in [3.63, 3.8) is 0 Å². The highest BCUT2D eigenvalue weighted by molar-refractivity contribution is 5.57. The summed E-state index contributed by atoms with van der Waals surface area (Å²) in [6.07, 6.45) is 8.13. The van der Waals surface area contributed by atoms with E-state index in [9.17, 15) is 0 Å². The van der Waals surface area contributed by atoms with Crippen LogP contribution in [0.4, 0.5) is 0 Å². The zero-order chi connectivity index (χ0) is 12.5. The Bertz CT molecular complexity index is 422. The number of aryl methyl sites for hydroxylation is 1. The molecular formula is C17H24. The molecule has 0 saturated carbocycles. The minimum Gasteiger partial charge on any atom is -0.0836 e. The van der Waals surface area contributed by atoms with Gasteiger partial charge in [0.25, 0.3) is 0 Å². The maximum absolute atomic E-state index is 2.42. The molecule has 1 aromatic rings. The third kappa shape index (κ3) is 2.80. The fourth-order valence-electron chi connectivity index (χ4n) is 2.33. The fourth-order valence-corrected chi connectivity index (χ4v) is 2.33. The number of fused-ring (bicyclic) bond motifs is 1. The van der Waals surface area contributed by atoms with Crippen molar-refractivity contribution in [2.45, 2.75) is 47.0 Å². The van der Waals surface area contributed by atoms with Gasteiger partial charge in [0.05, 0.1) is 0 Å². The van der Waals surface area contributed by atoms with Crippen molar-refractivity contribution < 1.29 is 0 Å². The number of rotatable bonds is 3. The lowest BCUT2D eigenvalue weighted by Crippen LogP contribution is -2.22. The molecule has 0 aliphatic heterocycles. The van der Waals surface area contributed by atoms with Gasteiger partial charge in [-0.1, -0.05) is 58.0 Å². The fraction of sp³-hybridized carbons (Fsp3) is 0.529. The first kappa shape index (κ1) is 12.4. The van der Waals surface area contributed by atoms with Gasteiger partial charge in [-0.25, -0.2) is 0 Å². The maximum atomic E-state index is 2.42. The van der Waals surface area contributed by atoms with Crippen molar-refractivity contribution in [3.8, 4) is 0 Å². The van der Waals surface area contributed by atoms with E-state index < -0.39 is 0 Å². The van der Waals surface area contributed by atoms with Crippen LogP contribution in [0.25, 0.3) is 6.08 Å². The molecule has 92 valence electrons. The second-order valence-corrected chi connectivity index (χ2v) is 6.29. The Morgan fingerprint density at radius 3 is 2.71 bits per heavy atom. The Morgan fingerprint density at radius 2 is 2.00 bits per heavy atom. The van der Waals surface area contributed by atoms with Gasteiger partial charge in [-0.3, -0.25) is 0 Å². The van der Waals surface area contributed by atoms with Gasteiger partial charge in [0.2, 0.25) is 0 Å². The SMILES string of the molecule is CC(C)C(C)(C)Cc1ccc2c(c1)CCC=C2. The predicted octanol–water partition coefficient (Wildman–Crippen LogP) is 4.87. The molecule has 0 atom stereocenters. The summed E-state index contributed by atoms with van der Waals surface area (Å²) in [7, 11) is 0. The monoisotopic (exact) mass is 228 g/mol. The molecule has 0 radical (unpaired) electrons. The summed E-state index contributed by atoms with van der Waals surface area (Å²) in [6, 6.07) is 7.01. The summed E-state index contributed by atoms with van der Waals surface area (Å²) in [5, 5.41) is 0. The number of allylic oxidation sites excluding steroid dienone is 1. The van der Waals surface area contributed by atoms with Crippen LogP contribution in [-0.4, -0.2) is 0 Å². The third-order valence-corrected chi connectivity index (χ3v) is 4.31. The van der Waals surface area contributed by atoms with Crippen molar-refractivity contribution in [1.82, 2.24) is 0 Å². The molecule has 0 amide bonds. The molecule has 0 heterocycles. The van der Waals surface area contributed by atoms with Crippen molar-refractivity contribution in [3.05, 3.63) is 41.0 Å². The first-order valence-electron chi connectivity index (χ1n) is 6.77. The lowest BCUT2D eigenvalue weighted by molar-refractivity contribution is 0.248. The van der Waals surface area contributed by atoms with Gasteiger partial charge in [0.15, 0.2) is 0 Å². The number of benzene rings is 1. The molecule has 0 nitrogen and oxygen atoms in total. The van der Waals surface area contributed by atoms with E-state index in [0.717, 1.165) is 5.92 Å². The van der Waals surface area contributed by atoms with Crippen molar-refractivity contribution in [1.29, 1.82) is 0 Å². The second kappa shape index (κ2) is 4.68. The van der Waals surface area contributed by atoms with Crippen LogP contribution in [0.2, 0.25) is 0 Å². The van der Waals surface area contributed by atoms with E-state index in [0.29, 0.717) is 5.41 Å². The van der Waals surface area contributed by atoms with E-state index in [1.54, 1.807) is 0 Å². The molecule has 0 bridgehead atoms. The first-order valence-corrected chi connectivity index (χ1v) is 6.77. The minimum absolute atomic E-state index is 0.388. The van der Waals surface area contributed by atoms with Crippen LogP contribution in [0.1, 0.15) is 50.8 Å². The zero-order valence-corrected chi connectivity index (χ0v) is 11.6. The van der Waals surface area contributed by atoms with Crippen molar-refractivity contribution in [2.75, 3.05) is 0 Å². The Balaban J connectivity index is 2.21. The molecule has 0 saturated heterocycles. The van der Waals surface area contributed by atoms with E-state index in [1.165, 1.54) is 36.0 Å². The summed E-state index contributed by atoms with van der Waals surface area (Å²) in [5.74, 6) is 0.721. The van der Waals surface area contributed by atoms with E-state index >= 15 is 0 Å². The molecule has 0 unspecified atom stereocenters. The van der Waals surface area contributed by atoms with Crippen LogP contribution in [-0.2, 0) is 12.8 Å². The summed E-state index contributed by atoms with van der Waals surface area (Å²) >= 11 is 0. The van der Waals surface area contributed by atoms with Crippen molar-refractivity contribution in [2.24, 2.45) is 11.3 Å². The third-order valence-electron chi connectivity index (χ3n) is 4.31. The molecule has 0 N–H and O–H groups in total. The normalized spacial score (nSPS) is 15.1. The average molecular weight is 228 g/mol. The number of hydrogen-bond acceptors (Lipinski definition) is 0. The molecule has 0 spiro atoms. The lowest BCUT2D eigenvalue weighted by Gasteiger charge is -2.29. The standard InChI is InChI=1S/C17H24/c1-13(2)17(3,4)12-14-9-10-15-7-5-6-8-16(15)11-14/h5,7,9-11,13H,6,8,12H2,1-4H3. The molecule has 17 heavy (non-hydrogen) atoms. The van der Waals surface area contributed by atoms with E-state index in [1.807, 2.05) is 0 Å². The van der Waals surface area contributed by atoms with Crippen molar-refractivity contribution >= 4 is 6.08 Å². The van der Waals surface area contributed by atoms with Gasteiger partial charge in [-0.2, -0.15) is 0 Å². The Kier molecular flexibility index (Phi) is 3.42. The van der Waals surface area contributed by atoms with Gasteiger partial charge >= 0.3 is 0 Å². The average Bonchev–Trinajstić information content (AvgIpc) is 2.28. The van der Waals surface area contributed by atoms with E-state index in [-0.39, 0.29) is 0 Å².